The summed E-state index contributed by atoms with van der Waals surface area (Å²) in [5, 5.41) is 7.29. The lowest BCUT2D eigenvalue weighted by atomic mass is 9.89. The molecule has 0 atom stereocenters. The van der Waals surface area contributed by atoms with Crippen LogP contribution in [-0.4, -0.2) is 32.0 Å². The predicted octanol–water partition coefficient (Wildman–Crippen LogP) is 2.37. The van der Waals surface area contributed by atoms with Crippen LogP contribution >= 0.6 is 0 Å². The fourth-order valence-corrected chi connectivity index (χ4v) is 3.49. The van der Waals surface area contributed by atoms with Crippen molar-refractivity contribution in [2.24, 2.45) is 5.92 Å². The molecule has 1 fully saturated rings. The van der Waals surface area contributed by atoms with Crippen LogP contribution in [0.1, 0.15) is 55.5 Å². The summed E-state index contributed by atoms with van der Waals surface area (Å²) < 4.78 is 1.74. The van der Waals surface area contributed by atoms with Crippen molar-refractivity contribution < 1.29 is 4.79 Å². The average Bonchev–Trinajstić information content (AvgIpc) is 3.02. The van der Waals surface area contributed by atoms with Crippen molar-refractivity contribution in [3.05, 3.63) is 23.3 Å². The smallest absolute Gasteiger partial charge is 0.252 e. The molecule has 1 saturated carbocycles. The molecule has 1 aliphatic carbocycles. The minimum Gasteiger partial charge on any atom is -0.356 e. The van der Waals surface area contributed by atoms with Crippen LogP contribution in [0.4, 0.5) is 0 Å². The summed E-state index contributed by atoms with van der Waals surface area (Å²) in [6.45, 7) is 4.81. The van der Waals surface area contributed by atoms with E-state index in [1.807, 2.05) is 13.8 Å². The van der Waals surface area contributed by atoms with E-state index in [1.54, 1.807) is 4.52 Å². The molecule has 0 aliphatic heterocycles. The SMILES string of the molecule is Cc1nc2ncnn2c(C)c1CCC(=O)NCC1CCCCC1. The van der Waals surface area contributed by atoms with Gasteiger partial charge in [0.2, 0.25) is 5.91 Å². The third-order valence-corrected chi connectivity index (χ3v) is 4.90. The molecular weight excluding hydrogens is 290 g/mol. The molecule has 6 nitrogen and oxygen atoms in total. The highest BCUT2D eigenvalue weighted by molar-refractivity contribution is 5.76. The Balaban J connectivity index is 1.56. The van der Waals surface area contributed by atoms with Gasteiger partial charge in [0.25, 0.3) is 5.78 Å². The van der Waals surface area contributed by atoms with E-state index in [0.29, 0.717) is 24.5 Å². The minimum atomic E-state index is 0.132. The predicted molar refractivity (Wildman–Crippen MR) is 88.2 cm³/mol. The molecule has 1 amide bonds. The Morgan fingerprint density at radius 3 is 2.87 bits per heavy atom. The largest absolute Gasteiger partial charge is 0.356 e. The first-order chi connectivity index (χ1) is 11.1. The lowest BCUT2D eigenvalue weighted by molar-refractivity contribution is -0.121. The van der Waals surface area contributed by atoms with Gasteiger partial charge in [0.05, 0.1) is 0 Å². The van der Waals surface area contributed by atoms with Gasteiger partial charge in [0.1, 0.15) is 6.33 Å². The summed E-state index contributed by atoms with van der Waals surface area (Å²) in [7, 11) is 0. The number of carbonyl (C=O) groups excluding carboxylic acids is 1. The van der Waals surface area contributed by atoms with Crippen molar-refractivity contribution in [3.63, 3.8) is 0 Å². The van der Waals surface area contributed by atoms with Crippen molar-refractivity contribution >= 4 is 11.7 Å². The van der Waals surface area contributed by atoms with Gasteiger partial charge in [0, 0.05) is 24.4 Å². The van der Waals surface area contributed by atoms with Crippen LogP contribution in [0.15, 0.2) is 6.33 Å². The Hall–Kier alpha value is -1.98. The normalized spacial score (nSPS) is 15.9. The van der Waals surface area contributed by atoms with Crippen LogP contribution in [-0.2, 0) is 11.2 Å². The maximum absolute atomic E-state index is 12.1. The standard InChI is InChI=1S/C17H25N5O/c1-12-15(13(2)22-17(21-12)19-11-20-22)8-9-16(23)18-10-14-6-4-3-5-7-14/h11,14H,3-10H2,1-2H3,(H,18,23). The van der Waals surface area contributed by atoms with E-state index in [4.69, 9.17) is 0 Å². The molecule has 1 aliphatic rings. The molecular formula is C17H25N5O. The van der Waals surface area contributed by atoms with E-state index in [0.717, 1.165) is 23.5 Å². The molecule has 0 saturated heterocycles. The fourth-order valence-electron chi connectivity index (χ4n) is 3.49. The average molecular weight is 315 g/mol. The molecule has 0 unspecified atom stereocenters. The molecule has 2 heterocycles. The number of nitrogens with zero attached hydrogens (tertiary/aromatic N) is 4. The zero-order valence-corrected chi connectivity index (χ0v) is 14.0. The number of hydrogen-bond acceptors (Lipinski definition) is 4. The highest BCUT2D eigenvalue weighted by Crippen LogP contribution is 2.22. The number of hydrogen-bond donors (Lipinski definition) is 1. The van der Waals surface area contributed by atoms with Crippen molar-refractivity contribution in [1.82, 2.24) is 24.9 Å². The second kappa shape index (κ2) is 7.06. The van der Waals surface area contributed by atoms with Gasteiger partial charge in [-0.1, -0.05) is 19.3 Å². The fraction of sp³-hybridized carbons (Fsp3) is 0.647. The van der Waals surface area contributed by atoms with Gasteiger partial charge in [-0.05, 0) is 44.6 Å². The third-order valence-electron chi connectivity index (χ3n) is 4.90. The van der Waals surface area contributed by atoms with E-state index < -0.39 is 0 Å². The lowest BCUT2D eigenvalue weighted by Crippen LogP contribution is -2.30. The van der Waals surface area contributed by atoms with E-state index in [-0.39, 0.29) is 5.91 Å². The zero-order valence-electron chi connectivity index (χ0n) is 14.0. The molecule has 0 radical (unpaired) electrons. The maximum atomic E-state index is 12.1. The van der Waals surface area contributed by atoms with Gasteiger partial charge in [-0.15, -0.1) is 0 Å². The van der Waals surface area contributed by atoms with E-state index >= 15 is 0 Å². The molecule has 0 aromatic carbocycles. The van der Waals surface area contributed by atoms with Crippen molar-refractivity contribution in [2.75, 3.05) is 6.54 Å². The molecule has 23 heavy (non-hydrogen) atoms. The van der Waals surface area contributed by atoms with Gasteiger partial charge in [0.15, 0.2) is 0 Å². The Morgan fingerprint density at radius 1 is 1.30 bits per heavy atom. The van der Waals surface area contributed by atoms with Crippen LogP contribution in [0.3, 0.4) is 0 Å². The molecule has 1 N–H and O–H groups in total. The Kier molecular flexibility index (Phi) is 4.88. The highest BCUT2D eigenvalue weighted by atomic mass is 16.1. The first kappa shape index (κ1) is 15.9. The number of amides is 1. The summed E-state index contributed by atoms with van der Waals surface area (Å²) in [4.78, 5) is 20.7. The number of aromatic nitrogens is 4. The Labute approximate surface area is 136 Å². The number of rotatable bonds is 5. The Bertz CT molecular complexity index is 688. The minimum absolute atomic E-state index is 0.132. The molecule has 6 heteroatoms. The third kappa shape index (κ3) is 3.68. The van der Waals surface area contributed by atoms with Crippen molar-refractivity contribution in [1.29, 1.82) is 0 Å². The molecule has 2 aromatic rings. The summed E-state index contributed by atoms with van der Waals surface area (Å²) in [5.41, 5.74) is 3.05. The maximum Gasteiger partial charge on any atom is 0.252 e. The van der Waals surface area contributed by atoms with E-state index in [2.05, 4.69) is 20.4 Å². The van der Waals surface area contributed by atoms with Gasteiger partial charge in [-0.2, -0.15) is 10.1 Å². The first-order valence-corrected chi connectivity index (χ1v) is 8.57. The van der Waals surface area contributed by atoms with Crippen molar-refractivity contribution in [3.8, 4) is 0 Å². The molecule has 124 valence electrons. The molecule has 0 spiro atoms. The van der Waals surface area contributed by atoms with Crippen LogP contribution < -0.4 is 5.32 Å². The summed E-state index contributed by atoms with van der Waals surface area (Å²) in [6.07, 6.45) is 9.17. The zero-order chi connectivity index (χ0) is 16.2. The number of carbonyl (C=O) groups is 1. The van der Waals surface area contributed by atoms with E-state index in [1.165, 1.54) is 38.4 Å². The van der Waals surface area contributed by atoms with Gasteiger partial charge in [-0.3, -0.25) is 4.79 Å². The summed E-state index contributed by atoms with van der Waals surface area (Å²) in [6, 6.07) is 0. The van der Waals surface area contributed by atoms with Gasteiger partial charge >= 0.3 is 0 Å². The second-order valence-corrected chi connectivity index (χ2v) is 6.54. The van der Waals surface area contributed by atoms with E-state index in [9.17, 15) is 4.79 Å². The monoisotopic (exact) mass is 315 g/mol. The number of nitrogens with one attached hydrogen (secondary N) is 1. The van der Waals surface area contributed by atoms with Crippen LogP contribution in [0.5, 0.6) is 0 Å². The topological polar surface area (TPSA) is 72.2 Å². The van der Waals surface area contributed by atoms with Crippen LogP contribution in [0.25, 0.3) is 5.78 Å². The first-order valence-electron chi connectivity index (χ1n) is 8.57. The quantitative estimate of drug-likeness (QED) is 0.919. The van der Waals surface area contributed by atoms with Crippen LogP contribution in [0, 0.1) is 19.8 Å². The molecule has 0 bridgehead atoms. The molecule has 3 rings (SSSR count). The van der Waals surface area contributed by atoms with Crippen LogP contribution in [0.2, 0.25) is 0 Å². The van der Waals surface area contributed by atoms with Crippen molar-refractivity contribution in [2.45, 2.75) is 58.8 Å². The second-order valence-electron chi connectivity index (χ2n) is 6.54. The number of fused-ring (bicyclic) bond motifs is 1. The molecule has 2 aromatic heterocycles. The summed E-state index contributed by atoms with van der Waals surface area (Å²) in [5.74, 6) is 1.42. The number of aryl methyl sites for hydroxylation is 2. The van der Waals surface area contributed by atoms with Gasteiger partial charge in [-0.25, -0.2) is 9.50 Å². The Morgan fingerprint density at radius 2 is 2.09 bits per heavy atom. The lowest BCUT2D eigenvalue weighted by Gasteiger charge is -2.21. The summed E-state index contributed by atoms with van der Waals surface area (Å²) >= 11 is 0. The highest BCUT2D eigenvalue weighted by Gasteiger charge is 2.15. The van der Waals surface area contributed by atoms with Gasteiger partial charge < -0.3 is 5.32 Å².